The summed E-state index contributed by atoms with van der Waals surface area (Å²) in [6, 6.07) is -0.820. The monoisotopic (exact) mass is 976 g/mol. The van der Waals surface area contributed by atoms with Crippen LogP contribution in [0.4, 0.5) is 0 Å². The van der Waals surface area contributed by atoms with Gasteiger partial charge >= 0.3 is 0 Å². The standard InChI is InChI=1S/C60H113NO8/c1-3-5-7-9-11-13-15-17-19-20-21-22-23-24-25-26-27-28-29-30-31-32-33-34-35-36-38-40-42-44-46-48-50-56(64)61-53(52-68-60-59(67)58(66)57(65)55(51-62)69-60)54(63)49-47-45-43-41-39-37-18-16-14-12-10-8-6-4-2/h24-25,39,41,47,49,53-55,57-60,62-63,65-67H,3-23,26-38,40,42-46,48,50-52H2,1-2H3,(H,61,64)/b25-24-,41-39+,49-47+. The van der Waals surface area contributed by atoms with Gasteiger partial charge in [-0.1, -0.05) is 256 Å². The van der Waals surface area contributed by atoms with Crippen LogP contribution in [-0.2, 0) is 14.3 Å². The second-order valence-corrected chi connectivity index (χ2v) is 20.8. The fourth-order valence-corrected chi connectivity index (χ4v) is 9.46. The van der Waals surface area contributed by atoms with E-state index in [0.717, 1.165) is 38.5 Å². The molecule has 1 fully saturated rings. The molecule has 9 nitrogen and oxygen atoms in total. The molecule has 0 aromatic rings. The predicted octanol–water partition coefficient (Wildman–Crippen LogP) is 14.7. The number of ether oxygens (including phenoxy) is 2. The van der Waals surface area contributed by atoms with E-state index in [0.29, 0.717) is 6.42 Å². The van der Waals surface area contributed by atoms with Gasteiger partial charge in [-0.2, -0.15) is 0 Å². The van der Waals surface area contributed by atoms with Crippen LogP contribution in [0.1, 0.15) is 284 Å². The van der Waals surface area contributed by atoms with E-state index in [1.54, 1.807) is 6.08 Å². The lowest BCUT2D eigenvalue weighted by Gasteiger charge is -2.40. The van der Waals surface area contributed by atoms with Gasteiger partial charge in [0.1, 0.15) is 24.4 Å². The van der Waals surface area contributed by atoms with Crippen LogP contribution in [0.25, 0.3) is 0 Å². The summed E-state index contributed by atoms with van der Waals surface area (Å²) in [7, 11) is 0. The molecule has 9 heteroatoms. The van der Waals surface area contributed by atoms with Crippen LogP contribution in [0.15, 0.2) is 36.5 Å². The molecule has 0 bridgehead atoms. The lowest BCUT2D eigenvalue weighted by molar-refractivity contribution is -0.302. The molecule has 0 aromatic heterocycles. The van der Waals surface area contributed by atoms with Crippen molar-refractivity contribution in [3.8, 4) is 0 Å². The molecule has 1 saturated heterocycles. The number of carbonyl (C=O) groups excluding carboxylic acids is 1. The van der Waals surface area contributed by atoms with Crippen LogP contribution >= 0.6 is 0 Å². The number of aliphatic hydroxyl groups is 5. The highest BCUT2D eigenvalue weighted by Gasteiger charge is 2.44. The average Bonchev–Trinajstić information content (AvgIpc) is 3.35. The number of hydrogen-bond acceptors (Lipinski definition) is 8. The Hall–Kier alpha value is -1.59. The summed E-state index contributed by atoms with van der Waals surface area (Å²) in [5.74, 6) is -0.184. The third-order valence-corrected chi connectivity index (χ3v) is 14.2. The molecule has 1 rings (SSSR count). The van der Waals surface area contributed by atoms with Crippen molar-refractivity contribution in [1.82, 2.24) is 5.32 Å². The highest BCUT2D eigenvalue weighted by atomic mass is 16.7. The molecular formula is C60H113NO8. The second-order valence-electron chi connectivity index (χ2n) is 20.8. The number of unbranched alkanes of at least 4 members (excludes halogenated alkanes) is 37. The van der Waals surface area contributed by atoms with Crippen LogP contribution in [0.3, 0.4) is 0 Å². The Balaban J connectivity index is 2.13. The Bertz CT molecular complexity index is 1180. The van der Waals surface area contributed by atoms with Gasteiger partial charge in [0.25, 0.3) is 0 Å². The minimum absolute atomic E-state index is 0.184. The summed E-state index contributed by atoms with van der Waals surface area (Å²) in [5.41, 5.74) is 0. The molecule has 6 N–H and O–H groups in total. The lowest BCUT2D eigenvalue weighted by atomic mass is 9.99. The molecule has 7 atom stereocenters. The zero-order chi connectivity index (χ0) is 50.1. The average molecular weight is 977 g/mol. The smallest absolute Gasteiger partial charge is 0.220 e. The molecule has 0 saturated carbocycles. The number of aliphatic hydroxyl groups excluding tert-OH is 5. The zero-order valence-electron chi connectivity index (χ0n) is 45.1. The molecule has 1 heterocycles. The van der Waals surface area contributed by atoms with Crippen molar-refractivity contribution in [1.29, 1.82) is 0 Å². The molecule has 0 aliphatic carbocycles. The molecule has 1 amide bonds. The van der Waals surface area contributed by atoms with Crippen molar-refractivity contribution in [3.63, 3.8) is 0 Å². The minimum Gasteiger partial charge on any atom is -0.394 e. The first kappa shape index (κ1) is 65.4. The molecule has 1 aliphatic heterocycles. The van der Waals surface area contributed by atoms with Crippen molar-refractivity contribution in [3.05, 3.63) is 36.5 Å². The molecule has 7 unspecified atom stereocenters. The SMILES string of the molecule is CCCCCCCCCC/C=C/CC/C=C/C(O)C(COC1OC(CO)C(O)C(O)C1O)NC(=O)CCCCCCCCCCCCCCCCCC/C=C\CCCCCCCCCCCCCC. The molecule has 0 aromatic carbocycles. The topological polar surface area (TPSA) is 149 Å². The summed E-state index contributed by atoms with van der Waals surface area (Å²) < 4.78 is 11.2. The zero-order valence-corrected chi connectivity index (χ0v) is 45.1. The van der Waals surface area contributed by atoms with Crippen LogP contribution in [-0.4, -0.2) is 87.5 Å². The quantitative estimate of drug-likeness (QED) is 0.0261. The first-order valence-corrected chi connectivity index (χ1v) is 29.7. The van der Waals surface area contributed by atoms with Gasteiger partial charge in [0.05, 0.1) is 25.4 Å². The van der Waals surface area contributed by atoms with Gasteiger partial charge in [-0.15, -0.1) is 0 Å². The van der Waals surface area contributed by atoms with Crippen LogP contribution in [0, 0.1) is 0 Å². The highest BCUT2D eigenvalue weighted by molar-refractivity contribution is 5.76. The molecular weight excluding hydrogens is 863 g/mol. The van der Waals surface area contributed by atoms with E-state index in [1.165, 1.54) is 225 Å². The lowest BCUT2D eigenvalue weighted by Crippen LogP contribution is -2.60. The fraction of sp³-hybridized carbons (Fsp3) is 0.883. The van der Waals surface area contributed by atoms with Crippen molar-refractivity contribution in [2.24, 2.45) is 0 Å². The second kappa shape index (κ2) is 50.0. The summed E-state index contributed by atoms with van der Waals surface area (Å²) >= 11 is 0. The number of allylic oxidation sites excluding steroid dienone is 5. The summed E-state index contributed by atoms with van der Waals surface area (Å²) in [4.78, 5) is 13.0. The first-order chi connectivity index (χ1) is 33.8. The minimum atomic E-state index is -1.57. The third kappa shape index (κ3) is 39.6. The van der Waals surface area contributed by atoms with Crippen molar-refractivity contribution < 1.29 is 39.8 Å². The number of nitrogens with one attached hydrogen (secondary N) is 1. The van der Waals surface area contributed by atoms with Crippen LogP contribution < -0.4 is 5.32 Å². The van der Waals surface area contributed by atoms with Gasteiger partial charge in [0.2, 0.25) is 5.91 Å². The van der Waals surface area contributed by atoms with E-state index in [-0.39, 0.29) is 12.5 Å². The molecule has 406 valence electrons. The first-order valence-electron chi connectivity index (χ1n) is 29.7. The number of carbonyl (C=O) groups is 1. The van der Waals surface area contributed by atoms with E-state index in [9.17, 15) is 30.3 Å². The summed E-state index contributed by atoms with van der Waals surface area (Å²) in [6.07, 6.45) is 58.1. The van der Waals surface area contributed by atoms with E-state index in [2.05, 4.69) is 43.5 Å². The van der Waals surface area contributed by atoms with Gasteiger partial charge in [-0.05, 0) is 57.8 Å². The summed E-state index contributed by atoms with van der Waals surface area (Å²) in [6.45, 7) is 3.78. The van der Waals surface area contributed by atoms with E-state index in [4.69, 9.17) is 9.47 Å². The Morgan fingerprint density at radius 3 is 1.22 bits per heavy atom. The van der Waals surface area contributed by atoms with Gasteiger partial charge in [0.15, 0.2) is 6.29 Å². The number of amides is 1. The Kier molecular flexibility index (Phi) is 47.4. The van der Waals surface area contributed by atoms with Crippen molar-refractivity contribution >= 4 is 5.91 Å². The van der Waals surface area contributed by atoms with Gasteiger partial charge in [-0.25, -0.2) is 0 Å². The molecule has 1 aliphatic rings. The maximum Gasteiger partial charge on any atom is 0.220 e. The maximum absolute atomic E-state index is 13.0. The van der Waals surface area contributed by atoms with E-state index >= 15 is 0 Å². The van der Waals surface area contributed by atoms with Crippen LogP contribution in [0.2, 0.25) is 0 Å². The molecule has 0 spiro atoms. The number of hydrogen-bond donors (Lipinski definition) is 6. The molecule has 69 heavy (non-hydrogen) atoms. The number of rotatable bonds is 51. The molecule has 0 radical (unpaired) electrons. The normalized spacial score (nSPS) is 19.7. The van der Waals surface area contributed by atoms with Gasteiger partial charge in [-0.3, -0.25) is 4.79 Å². The third-order valence-electron chi connectivity index (χ3n) is 14.2. The van der Waals surface area contributed by atoms with Crippen LogP contribution in [0.5, 0.6) is 0 Å². The van der Waals surface area contributed by atoms with Gasteiger partial charge < -0.3 is 40.3 Å². The largest absolute Gasteiger partial charge is 0.394 e. The van der Waals surface area contributed by atoms with Crippen molar-refractivity contribution in [2.45, 2.75) is 326 Å². The Morgan fingerprint density at radius 2 is 0.826 bits per heavy atom. The maximum atomic E-state index is 13.0. The fourth-order valence-electron chi connectivity index (χ4n) is 9.46. The summed E-state index contributed by atoms with van der Waals surface area (Å²) in [5, 5.41) is 54.4. The predicted molar refractivity (Wildman–Crippen MR) is 290 cm³/mol. The Labute approximate surface area is 425 Å². The highest BCUT2D eigenvalue weighted by Crippen LogP contribution is 2.23. The van der Waals surface area contributed by atoms with Crippen molar-refractivity contribution in [2.75, 3.05) is 13.2 Å². The van der Waals surface area contributed by atoms with E-state index < -0.39 is 49.5 Å². The van der Waals surface area contributed by atoms with E-state index in [1.807, 2.05) is 6.08 Å². The van der Waals surface area contributed by atoms with Gasteiger partial charge in [0, 0.05) is 6.42 Å². The Morgan fingerprint density at radius 1 is 0.478 bits per heavy atom.